The number of allylic oxidation sites excluding steroid dienone is 2. The summed E-state index contributed by atoms with van der Waals surface area (Å²) in [5, 5.41) is 16.5. The number of nitrogens with one attached hydrogen (secondary N) is 2. The van der Waals surface area contributed by atoms with Crippen LogP contribution in [0.15, 0.2) is 55.0 Å². The molecule has 4 rings (SSSR count). The molecule has 3 atom stereocenters. The van der Waals surface area contributed by atoms with Crippen LogP contribution in [0.5, 0.6) is 0 Å². The van der Waals surface area contributed by atoms with Gasteiger partial charge in [-0.3, -0.25) is 9.78 Å². The molecule has 3 unspecified atom stereocenters. The Hall–Kier alpha value is -3.13. The molecule has 1 saturated carbocycles. The van der Waals surface area contributed by atoms with Crippen molar-refractivity contribution in [3.8, 4) is 0 Å². The molecule has 2 aromatic rings. The van der Waals surface area contributed by atoms with Gasteiger partial charge in [0.1, 0.15) is 11.7 Å². The standard InChI is InChI=1S/C22H22F2N4O2/c1-3-4-19(29)18-5-12(2)15(11-26-18)13-6-14-10-27-20(7-17(14)25-9-13)28-21(30)16-8-22(16,23)24/h3,5-7,9-11,16,18-19,26,29H,1,4,8H2,2H3,(H,27,28,30). The fraction of sp³-hybridized carbons (Fsp3) is 0.318. The molecule has 2 aliphatic rings. The molecule has 1 aliphatic carbocycles. The van der Waals surface area contributed by atoms with Crippen molar-refractivity contribution < 1.29 is 18.7 Å². The Morgan fingerprint density at radius 1 is 1.43 bits per heavy atom. The van der Waals surface area contributed by atoms with E-state index in [1.807, 2.05) is 25.3 Å². The third-order valence-corrected chi connectivity index (χ3v) is 5.37. The molecule has 1 fully saturated rings. The minimum absolute atomic E-state index is 0.188. The van der Waals surface area contributed by atoms with Gasteiger partial charge in [-0.25, -0.2) is 13.8 Å². The molecule has 0 bridgehead atoms. The van der Waals surface area contributed by atoms with Gasteiger partial charge >= 0.3 is 0 Å². The quantitative estimate of drug-likeness (QED) is 0.633. The maximum atomic E-state index is 13.0. The van der Waals surface area contributed by atoms with Crippen LogP contribution >= 0.6 is 0 Å². The topological polar surface area (TPSA) is 87.1 Å². The number of pyridine rings is 2. The molecule has 0 spiro atoms. The van der Waals surface area contributed by atoms with E-state index in [1.54, 1.807) is 24.5 Å². The van der Waals surface area contributed by atoms with Gasteiger partial charge in [0.15, 0.2) is 0 Å². The third-order valence-electron chi connectivity index (χ3n) is 5.37. The summed E-state index contributed by atoms with van der Waals surface area (Å²) < 4.78 is 26.1. The summed E-state index contributed by atoms with van der Waals surface area (Å²) in [6, 6.07) is 3.29. The van der Waals surface area contributed by atoms with E-state index in [-0.39, 0.29) is 11.9 Å². The number of alkyl halides is 2. The predicted molar refractivity (Wildman–Crippen MR) is 111 cm³/mol. The number of amides is 1. The fourth-order valence-electron chi connectivity index (χ4n) is 3.50. The van der Waals surface area contributed by atoms with Crippen molar-refractivity contribution in [1.29, 1.82) is 0 Å². The Morgan fingerprint density at radius 2 is 2.20 bits per heavy atom. The molecule has 1 amide bonds. The van der Waals surface area contributed by atoms with Gasteiger partial charge in [0.25, 0.3) is 5.92 Å². The number of fused-ring (bicyclic) bond motifs is 1. The van der Waals surface area contributed by atoms with Gasteiger partial charge in [-0.2, -0.15) is 0 Å². The second-order valence-corrected chi connectivity index (χ2v) is 7.69. The molecule has 1 aliphatic heterocycles. The van der Waals surface area contributed by atoms with Gasteiger partial charge in [-0.1, -0.05) is 12.2 Å². The number of rotatable bonds is 6. The lowest BCUT2D eigenvalue weighted by atomic mass is 9.94. The minimum atomic E-state index is -2.91. The van der Waals surface area contributed by atoms with E-state index in [1.165, 1.54) is 0 Å². The summed E-state index contributed by atoms with van der Waals surface area (Å²) in [6.07, 6.45) is 8.28. The van der Waals surface area contributed by atoms with E-state index < -0.39 is 30.3 Å². The number of aliphatic hydroxyl groups excluding tert-OH is 1. The number of carbonyl (C=O) groups excluding carboxylic acids is 1. The van der Waals surface area contributed by atoms with Crippen LogP contribution in [0.2, 0.25) is 0 Å². The number of anilines is 1. The molecule has 0 radical (unpaired) electrons. The average Bonchev–Trinajstić information content (AvgIpc) is 3.36. The lowest BCUT2D eigenvalue weighted by Gasteiger charge is -2.25. The van der Waals surface area contributed by atoms with Crippen LogP contribution in [0.3, 0.4) is 0 Å². The van der Waals surface area contributed by atoms with E-state index in [4.69, 9.17) is 0 Å². The smallest absolute Gasteiger partial charge is 0.260 e. The number of dihydropyridines is 1. The fourth-order valence-corrected chi connectivity index (χ4v) is 3.50. The first kappa shape index (κ1) is 20.2. The summed E-state index contributed by atoms with van der Waals surface area (Å²) in [4.78, 5) is 20.4. The average molecular weight is 412 g/mol. The summed E-state index contributed by atoms with van der Waals surface area (Å²) in [7, 11) is 0. The highest BCUT2D eigenvalue weighted by atomic mass is 19.3. The molecular formula is C22H22F2N4O2. The number of hydrogen-bond acceptors (Lipinski definition) is 5. The lowest BCUT2D eigenvalue weighted by molar-refractivity contribution is -0.119. The first-order chi connectivity index (χ1) is 14.3. The summed E-state index contributed by atoms with van der Waals surface area (Å²) in [5.41, 5.74) is 3.42. The number of halogens is 2. The first-order valence-electron chi connectivity index (χ1n) is 9.67. The molecule has 3 heterocycles. The van der Waals surface area contributed by atoms with E-state index >= 15 is 0 Å². The van der Waals surface area contributed by atoms with Crippen LogP contribution in [0.25, 0.3) is 16.5 Å². The zero-order valence-corrected chi connectivity index (χ0v) is 16.4. The van der Waals surface area contributed by atoms with Gasteiger partial charge in [0.05, 0.1) is 17.7 Å². The van der Waals surface area contributed by atoms with Crippen molar-refractivity contribution in [3.63, 3.8) is 0 Å². The molecule has 2 aromatic heterocycles. The zero-order chi connectivity index (χ0) is 21.5. The third kappa shape index (κ3) is 3.95. The molecule has 0 aromatic carbocycles. The largest absolute Gasteiger partial charge is 0.390 e. The number of hydrogen-bond donors (Lipinski definition) is 3. The molecule has 8 heteroatoms. The Morgan fingerprint density at radius 3 is 2.87 bits per heavy atom. The maximum absolute atomic E-state index is 13.0. The zero-order valence-electron chi connectivity index (χ0n) is 16.4. The van der Waals surface area contributed by atoms with E-state index in [2.05, 4.69) is 27.2 Å². The SMILES string of the molecule is C=CCC(O)C1C=C(C)C(c2cnc3cc(NC(=O)C4CC4(F)F)ncc3c2)=CN1. The minimum Gasteiger partial charge on any atom is -0.390 e. The lowest BCUT2D eigenvalue weighted by Crippen LogP contribution is -2.37. The number of aromatic nitrogens is 2. The summed E-state index contributed by atoms with van der Waals surface area (Å²) >= 11 is 0. The van der Waals surface area contributed by atoms with Crippen LogP contribution in [-0.2, 0) is 4.79 Å². The number of carbonyl (C=O) groups is 1. The van der Waals surface area contributed by atoms with Gasteiger partial charge < -0.3 is 15.7 Å². The van der Waals surface area contributed by atoms with Crippen molar-refractivity contribution in [2.24, 2.45) is 5.92 Å². The van der Waals surface area contributed by atoms with Gasteiger partial charge in [-0.05, 0) is 25.0 Å². The van der Waals surface area contributed by atoms with Crippen LogP contribution in [0.4, 0.5) is 14.6 Å². The Balaban J connectivity index is 1.51. The van der Waals surface area contributed by atoms with E-state index in [0.29, 0.717) is 11.9 Å². The first-order valence-corrected chi connectivity index (χ1v) is 9.67. The maximum Gasteiger partial charge on any atom is 0.260 e. The highest BCUT2D eigenvalue weighted by Crippen LogP contribution is 2.49. The highest BCUT2D eigenvalue weighted by molar-refractivity contribution is 5.96. The predicted octanol–water partition coefficient (Wildman–Crippen LogP) is 3.42. The summed E-state index contributed by atoms with van der Waals surface area (Å²) in [6.45, 7) is 5.62. The van der Waals surface area contributed by atoms with Crippen LogP contribution < -0.4 is 10.6 Å². The molecular weight excluding hydrogens is 390 g/mol. The second kappa shape index (κ2) is 7.60. The summed E-state index contributed by atoms with van der Waals surface area (Å²) in [5.74, 6) is -4.72. The Labute approximate surface area is 172 Å². The molecule has 6 nitrogen and oxygen atoms in total. The molecule has 3 N–H and O–H groups in total. The van der Waals surface area contributed by atoms with Gasteiger partial charge in [0, 0.05) is 47.6 Å². The van der Waals surface area contributed by atoms with Crippen molar-refractivity contribution >= 4 is 28.2 Å². The Bertz CT molecular complexity index is 1080. The monoisotopic (exact) mass is 412 g/mol. The highest BCUT2D eigenvalue weighted by Gasteiger charge is 2.61. The Kier molecular flexibility index (Phi) is 5.11. The van der Waals surface area contributed by atoms with Gasteiger partial charge in [-0.15, -0.1) is 6.58 Å². The molecule has 30 heavy (non-hydrogen) atoms. The number of nitrogens with zero attached hydrogens (tertiary/aromatic N) is 2. The van der Waals surface area contributed by atoms with Crippen LogP contribution in [0, 0.1) is 5.92 Å². The van der Waals surface area contributed by atoms with Gasteiger partial charge in [0.2, 0.25) is 5.91 Å². The van der Waals surface area contributed by atoms with Crippen molar-refractivity contribution in [3.05, 3.63) is 60.6 Å². The molecule has 156 valence electrons. The van der Waals surface area contributed by atoms with Crippen molar-refractivity contribution in [1.82, 2.24) is 15.3 Å². The van der Waals surface area contributed by atoms with E-state index in [0.717, 1.165) is 22.1 Å². The normalized spacial score (nSPS) is 23.1. The molecule has 0 saturated heterocycles. The van der Waals surface area contributed by atoms with Crippen LogP contribution in [-0.4, -0.2) is 39.1 Å². The van der Waals surface area contributed by atoms with Crippen molar-refractivity contribution in [2.45, 2.75) is 37.8 Å². The van der Waals surface area contributed by atoms with Crippen LogP contribution in [0.1, 0.15) is 25.3 Å². The second-order valence-electron chi connectivity index (χ2n) is 7.69. The number of aliphatic hydroxyl groups is 1. The van der Waals surface area contributed by atoms with Crippen molar-refractivity contribution in [2.75, 3.05) is 5.32 Å². The van der Waals surface area contributed by atoms with E-state index in [9.17, 15) is 18.7 Å².